The topological polar surface area (TPSA) is 71.4 Å². The normalized spacial score (nSPS) is 28.5. The number of aliphatic hydroxyl groups is 1. The average molecular weight is 551 g/mol. The first-order valence-electron chi connectivity index (χ1n) is 15.1. The van der Waals surface area contributed by atoms with E-state index in [2.05, 4.69) is 26.0 Å². The van der Waals surface area contributed by atoms with Crippen LogP contribution in [-0.2, 0) is 14.4 Å². The van der Waals surface area contributed by atoms with Gasteiger partial charge in [0.05, 0.1) is 5.41 Å². The molecule has 1 N–H and O–H groups in total. The van der Waals surface area contributed by atoms with E-state index in [-0.39, 0.29) is 47.4 Å². The fourth-order valence-electron chi connectivity index (χ4n) is 6.84. The number of ketones is 3. The Kier molecular flexibility index (Phi) is 11.0. The van der Waals surface area contributed by atoms with Crippen LogP contribution in [0.4, 0.5) is 0 Å². The summed E-state index contributed by atoms with van der Waals surface area (Å²) in [6.07, 6.45) is 11.5. The lowest BCUT2D eigenvalue weighted by Gasteiger charge is -2.61. The number of hydrogen-bond acceptors (Lipinski definition) is 4. The number of fused-ring (bicyclic) bond motifs is 2. The van der Waals surface area contributed by atoms with Gasteiger partial charge in [0.25, 0.3) is 0 Å². The van der Waals surface area contributed by atoms with Crippen LogP contribution in [0.1, 0.15) is 121 Å². The molecule has 5 atom stereocenters. The Morgan fingerprint density at radius 1 is 0.925 bits per heavy atom. The summed E-state index contributed by atoms with van der Waals surface area (Å²) in [6, 6.07) is 0. The van der Waals surface area contributed by atoms with Gasteiger partial charge in [-0.1, -0.05) is 67.4 Å². The summed E-state index contributed by atoms with van der Waals surface area (Å²) in [4.78, 5) is 44.3. The maximum absolute atomic E-state index is 15.1. The van der Waals surface area contributed by atoms with E-state index in [1.807, 2.05) is 74.5 Å². The number of rotatable bonds is 12. The van der Waals surface area contributed by atoms with Gasteiger partial charge < -0.3 is 5.11 Å². The van der Waals surface area contributed by atoms with Crippen LogP contribution in [0.5, 0.6) is 0 Å². The molecule has 0 aromatic heterocycles. The van der Waals surface area contributed by atoms with E-state index < -0.39 is 22.2 Å². The van der Waals surface area contributed by atoms with Crippen LogP contribution in [0.2, 0.25) is 0 Å². The van der Waals surface area contributed by atoms with Crippen molar-refractivity contribution in [3.8, 4) is 0 Å². The van der Waals surface area contributed by atoms with Gasteiger partial charge in [0, 0.05) is 11.5 Å². The largest absolute Gasteiger partial charge is 0.510 e. The molecule has 0 saturated heterocycles. The van der Waals surface area contributed by atoms with Crippen molar-refractivity contribution >= 4 is 17.3 Å². The molecule has 1 saturated carbocycles. The van der Waals surface area contributed by atoms with E-state index in [9.17, 15) is 14.7 Å². The second-order valence-corrected chi connectivity index (χ2v) is 13.6. The molecule has 0 aromatic carbocycles. The van der Waals surface area contributed by atoms with Gasteiger partial charge in [-0.25, -0.2) is 0 Å². The second kappa shape index (κ2) is 13.0. The molecule has 2 rings (SSSR count). The van der Waals surface area contributed by atoms with Gasteiger partial charge in [0.15, 0.2) is 22.8 Å². The molecular weight excluding hydrogens is 496 g/mol. The highest BCUT2D eigenvalue weighted by molar-refractivity contribution is 6.27. The van der Waals surface area contributed by atoms with Crippen molar-refractivity contribution in [3.05, 3.63) is 57.9 Å². The van der Waals surface area contributed by atoms with Crippen LogP contribution in [0.25, 0.3) is 0 Å². The quantitative estimate of drug-likeness (QED) is 0.194. The maximum Gasteiger partial charge on any atom is 0.176 e. The fourth-order valence-corrected chi connectivity index (χ4v) is 6.84. The minimum atomic E-state index is -1.76. The molecule has 0 heterocycles. The first-order chi connectivity index (χ1) is 18.5. The summed E-state index contributed by atoms with van der Waals surface area (Å²) in [7, 11) is 0. The first-order valence-corrected chi connectivity index (χ1v) is 15.1. The standard InChI is InChI=1S/C36H54O4/c1-12-27(10)30(37)36-32(39)29(18-16-25(6)7)31(38)35(33(36)40,21-19-26(8)9)22-28(17-15-24(4)5)34(36,11)20-13-14-23(2)3/h14-16,19,27-28,39H,12-13,17-18,20-22H2,1-11H3/t27?,28-,34+,35+,36-/m0/s1. The molecule has 40 heavy (non-hydrogen) atoms. The zero-order valence-corrected chi connectivity index (χ0v) is 27.1. The van der Waals surface area contributed by atoms with Gasteiger partial charge in [-0.05, 0) is 112 Å². The molecule has 0 spiro atoms. The van der Waals surface area contributed by atoms with Crippen molar-refractivity contribution < 1.29 is 19.5 Å². The van der Waals surface area contributed by atoms with Gasteiger partial charge >= 0.3 is 0 Å². The Bertz CT molecular complexity index is 1160. The summed E-state index contributed by atoms with van der Waals surface area (Å²) in [6.45, 7) is 21.9. The second-order valence-electron chi connectivity index (χ2n) is 13.6. The summed E-state index contributed by atoms with van der Waals surface area (Å²) in [5.41, 5.74) is 0.628. The number of Topliss-reactive ketones (excluding diaryl/α,β-unsaturated/α-hetero) is 3. The van der Waals surface area contributed by atoms with Gasteiger partial charge in [0.1, 0.15) is 5.76 Å². The van der Waals surface area contributed by atoms with Gasteiger partial charge in [-0.15, -0.1) is 0 Å². The highest BCUT2D eigenvalue weighted by Gasteiger charge is 2.75. The molecule has 2 bridgehead atoms. The minimum absolute atomic E-state index is 0.139. The Morgan fingerprint density at radius 3 is 1.98 bits per heavy atom. The number of carbonyl (C=O) groups is 3. The van der Waals surface area contributed by atoms with Crippen LogP contribution in [-0.4, -0.2) is 22.5 Å². The lowest BCUT2D eigenvalue weighted by molar-refractivity contribution is -0.178. The summed E-state index contributed by atoms with van der Waals surface area (Å²) in [5.74, 6) is -1.76. The molecule has 4 nitrogen and oxygen atoms in total. The number of allylic oxidation sites excluding steroid dienone is 10. The van der Waals surface area contributed by atoms with Crippen LogP contribution < -0.4 is 0 Å². The lowest BCUT2D eigenvalue weighted by Crippen LogP contribution is -2.70. The highest BCUT2D eigenvalue weighted by atomic mass is 16.3. The first kappa shape index (κ1) is 33.7. The van der Waals surface area contributed by atoms with Crippen LogP contribution in [0.3, 0.4) is 0 Å². The molecule has 0 amide bonds. The van der Waals surface area contributed by atoms with Crippen molar-refractivity contribution in [1.29, 1.82) is 0 Å². The Balaban J connectivity index is 3.13. The third-order valence-corrected chi connectivity index (χ3v) is 9.51. The third-order valence-electron chi connectivity index (χ3n) is 9.51. The zero-order chi connectivity index (χ0) is 30.6. The zero-order valence-electron chi connectivity index (χ0n) is 27.1. The predicted molar refractivity (Wildman–Crippen MR) is 166 cm³/mol. The van der Waals surface area contributed by atoms with E-state index in [1.54, 1.807) is 0 Å². The number of hydrogen-bond donors (Lipinski definition) is 1. The van der Waals surface area contributed by atoms with Crippen LogP contribution in [0.15, 0.2) is 57.9 Å². The molecule has 0 aliphatic heterocycles. The molecule has 0 radical (unpaired) electrons. The highest BCUT2D eigenvalue weighted by Crippen LogP contribution is 2.68. The average Bonchev–Trinajstić information content (AvgIpc) is 2.86. The van der Waals surface area contributed by atoms with E-state index in [0.29, 0.717) is 32.1 Å². The van der Waals surface area contributed by atoms with Crippen molar-refractivity contribution in [2.24, 2.45) is 28.1 Å². The Morgan fingerprint density at radius 2 is 1.48 bits per heavy atom. The summed E-state index contributed by atoms with van der Waals surface area (Å²) < 4.78 is 0. The predicted octanol–water partition coefficient (Wildman–Crippen LogP) is 9.38. The molecule has 2 aliphatic rings. The molecule has 222 valence electrons. The summed E-state index contributed by atoms with van der Waals surface area (Å²) >= 11 is 0. The molecule has 1 fully saturated rings. The number of carbonyl (C=O) groups excluding carboxylic acids is 3. The smallest absolute Gasteiger partial charge is 0.176 e. The minimum Gasteiger partial charge on any atom is -0.510 e. The van der Waals surface area contributed by atoms with Crippen molar-refractivity contribution in [2.45, 2.75) is 121 Å². The molecular formula is C36H54O4. The van der Waals surface area contributed by atoms with Gasteiger partial charge in [-0.2, -0.15) is 0 Å². The number of aliphatic hydroxyl groups excluding tert-OH is 1. The van der Waals surface area contributed by atoms with E-state index in [0.717, 1.165) is 16.7 Å². The van der Waals surface area contributed by atoms with Crippen molar-refractivity contribution in [3.63, 3.8) is 0 Å². The lowest BCUT2D eigenvalue weighted by atomic mass is 9.38. The maximum atomic E-state index is 15.1. The van der Waals surface area contributed by atoms with E-state index >= 15 is 4.79 Å². The third kappa shape index (κ3) is 5.92. The van der Waals surface area contributed by atoms with Crippen LogP contribution >= 0.6 is 0 Å². The molecule has 1 unspecified atom stereocenters. The van der Waals surface area contributed by atoms with Crippen molar-refractivity contribution in [2.75, 3.05) is 0 Å². The summed E-state index contributed by atoms with van der Waals surface area (Å²) in [5, 5.41) is 12.3. The molecule has 0 aromatic rings. The van der Waals surface area contributed by atoms with Crippen molar-refractivity contribution in [1.82, 2.24) is 0 Å². The van der Waals surface area contributed by atoms with Gasteiger partial charge in [-0.3, -0.25) is 14.4 Å². The monoisotopic (exact) mass is 550 g/mol. The Labute approximate surface area is 243 Å². The van der Waals surface area contributed by atoms with E-state index in [4.69, 9.17) is 0 Å². The molecule has 2 aliphatic carbocycles. The Hall–Kier alpha value is -2.49. The van der Waals surface area contributed by atoms with Crippen LogP contribution in [0, 0.1) is 28.1 Å². The SMILES string of the molecule is CCC(C)C(=O)[C@]12C(=O)[C@](CC=C(C)C)(C[C@H](CC=C(C)C)[C@@]1(C)CCC=C(C)C)C(=O)C(CC=C(C)C)=C2O. The molecule has 4 heteroatoms. The fraction of sp³-hybridized carbons (Fsp3) is 0.639. The van der Waals surface area contributed by atoms with E-state index in [1.165, 1.54) is 5.57 Å². The van der Waals surface area contributed by atoms with Gasteiger partial charge in [0.2, 0.25) is 0 Å².